The summed E-state index contributed by atoms with van der Waals surface area (Å²) in [6, 6.07) is 12.2. The highest BCUT2D eigenvalue weighted by Gasteiger charge is 2.21. The van der Waals surface area contributed by atoms with Gasteiger partial charge in [-0.05, 0) is 37.1 Å². The average Bonchev–Trinajstić information content (AvgIpc) is 2.32. The summed E-state index contributed by atoms with van der Waals surface area (Å²) in [6.45, 7) is 3.60. The van der Waals surface area contributed by atoms with Gasteiger partial charge in [0.25, 0.3) is 0 Å². The van der Waals surface area contributed by atoms with Crippen LogP contribution in [0.3, 0.4) is 0 Å². The van der Waals surface area contributed by atoms with Gasteiger partial charge in [0.1, 0.15) is 0 Å². The summed E-state index contributed by atoms with van der Waals surface area (Å²) in [5, 5.41) is 0.796. The molecule has 2 nitrogen and oxygen atoms in total. The zero-order valence-corrected chi connectivity index (χ0v) is 12.1. The second-order valence-corrected chi connectivity index (χ2v) is 6.62. The summed E-state index contributed by atoms with van der Waals surface area (Å²) < 4.78 is 25.2. The first-order chi connectivity index (χ1) is 8.44. The predicted octanol–water partition coefficient (Wildman–Crippen LogP) is 1.93. The van der Waals surface area contributed by atoms with E-state index in [-0.39, 0.29) is 0 Å². The van der Waals surface area contributed by atoms with Gasteiger partial charge in [-0.25, -0.2) is 8.42 Å². The van der Waals surface area contributed by atoms with Gasteiger partial charge < -0.3 is 0 Å². The van der Waals surface area contributed by atoms with Crippen molar-refractivity contribution in [1.29, 1.82) is 0 Å². The van der Waals surface area contributed by atoms with Crippen molar-refractivity contribution in [3.05, 3.63) is 53.6 Å². The first kappa shape index (κ1) is 13.0. The van der Waals surface area contributed by atoms with Crippen molar-refractivity contribution in [2.24, 2.45) is 0 Å². The molecule has 0 amide bonds. The van der Waals surface area contributed by atoms with Crippen LogP contribution < -0.4 is 5.19 Å². The minimum absolute atomic E-state index is 0.351. The first-order valence-corrected chi connectivity index (χ1v) is 7.55. The molecule has 0 heterocycles. The molecule has 2 rings (SSSR count). The van der Waals surface area contributed by atoms with Gasteiger partial charge in [-0.3, -0.25) is 0 Å². The van der Waals surface area contributed by atoms with Crippen LogP contribution in [0.25, 0.3) is 0 Å². The molecule has 0 atom stereocenters. The molecule has 0 unspecified atom stereocenters. The van der Waals surface area contributed by atoms with Gasteiger partial charge in [-0.15, -0.1) is 0 Å². The monoisotopic (exact) mass is 273 g/mol. The lowest BCUT2D eigenvalue weighted by atomic mass is 10.2. The molecule has 0 saturated carbocycles. The highest BCUT2D eigenvalue weighted by atomic mass is 32.2. The molecule has 0 aliphatic rings. The van der Waals surface area contributed by atoms with E-state index in [4.69, 9.17) is 0 Å². The first-order valence-electron chi connectivity index (χ1n) is 5.56. The summed E-state index contributed by atoms with van der Waals surface area (Å²) in [6.07, 6.45) is 0. The molecule has 0 aliphatic carbocycles. The summed E-state index contributed by atoms with van der Waals surface area (Å²) in [4.78, 5) is 0.717. The number of aryl methyl sites for hydroxylation is 1. The van der Waals surface area contributed by atoms with E-state index in [9.17, 15) is 8.42 Å². The highest BCUT2D eigenvalue weighted by Crippen LogP contribution is 2.24. The van der Waals surface area contributed by atoms with Crippen molar-refractivity contribution >= 4 is 25.3 Å². The Morgan fingerprint density at radius 1 is 0.889 bits per heavy atom. The normalized spacial score (nSPS) is 11.5. The maximum Gasteiger partial charge on any atom is 0.207 e. The van der Waals surface area contributed by atoms with Gasteiger partial charge in [0.05, 0.1) is 20.0 Å². The van der Waals surface area contributed by atoms with Crippen LogP contribution in [0.5, 0.6) is 0 Å². The largest absolute Gasteiger partial charge is 0.218 e. The smallest absolute Gasteiger partial charge is 0.207 e. The molecule has 0 aromatic heterocycles. The maximum atomic E-state index is 12.6. The third-order valence-corrected chi connectivity index (χ3v) is 5.56. The van der Waals surface area contributed by atoms with Gasteiger partial charge in [0.15, 0.2) is 0 Å². The van der Waals surface area contributed by atoms with Crippen LogP contribution >= 0.6 is 0 Å². The van der Waals surface area contributed by atoms with Crippen LogP contribution in [-0.4, -0.2) is 18.7 Å². The number of benzene rings is 2. The Kier molecular flexibility index (Phi) is 3.41. The van der Waals surface area contributed by atoms with Gasteiger partial charge in [0.2, 0.25) is 9.84 Å². The van der Waals surface area contributed by atoms with Crippen LogP contribution in [-0.2, 0) is 9.84 Å². The van der Waals surface area contributed by atoms with Crippen LogP contribution in [0.15, 0.2) is 52.3 Å². The fourth-order valence-corrected chi connectivity index (χ4v) is 3.96. The predicted molar refractivity (Wildman–Crippen MR) is 73.2 cm³/mol. The lowest BCUT2D eigenvalue weighted by Crippen LogP contribution is -2.14. The lowest BCUT2D eigenvalue weighted by molar-refractivity contribution is 0.595. The molecule has 2 aromatic rings. The standard InChI is InChI=1S/C14H13O2SSi/c1-10-6-3-4-7-12(10)17(15,16)13-8-5-9-14(18)11(13)2/h3-9H,1-2H3. The Labute approximate surface area is 111 Å². The van der Waals surface area contributed by atoms with Crippen molar-refractivity contribution in [2.45, 2.75) is 23.6 Å². The Bertz CT molecular complexity index is 691. The minimum atomic E-state index is -3.45. The SMILES string of the molecule is Cc1ccccc1S(=O)(=O)c1cccc([Si])c1C. The molecular weight excluding hydrogens is 260 g/mol. The zero-order valence-electron chi connectivity index (χ0n) is 10.3. The molecule has 0 N–H and O–H groups in total. The maximum absolute atomic E-state index is 12.6. The fourth-order valence-electron chi connectivity index (χ4n) is 1.88. The second kappa shape index (κ2) is 4.70. The Hall–Kier alpha value is -1.39. The Morgan fingerprint density at radius 2 is 1.50 bits per heavy atom. The number of sulfone groups is 1. The van der Waals surface area contributed by atoms with Gasteiger partial charge in [0, 0.05) is 0 Å². The van der Waals surface area contributed by atoms with E-state index >= 15 is 0 Å². The number of rotatable bonds is 2. The van der Waals surface area contributed by atoms with Gasteiger partial charge in [-0.1, -0.05) is 35.5 Å². The van der Waals surface area contributed by atoms with Crippen LogP contribution in [0.4, 0.5) is 0 Å². The molecule has 2 aromatic carbocycles. The molecular formula is C14H13O2SSi. The van der Waals surface area contributed by atoms with Crippen molar-refractivity contribution in [2.75, 3.05) is 0 Å². The number of hydrogen-bond donors (Lipinski definition) is 0. The average molecular weight is 273 g/mol. The second-order valence-electron chi connectivity index (χ2n) is 4.20. The summed E-state index contributed by atoms with van der Waals surface area (Å²) in [7, 11) is -0.0354. The third kappa shape index (κ3) is 2.13. The third-order valence-electron chi connectivity index (χ3n) is 2.96. The van der Waals surface area contributed by atoms with E-state index in [0.29, 0.717) is 9.79 Å². The van der Waals surface area contributed by atoms with E-state index in [1.807, 2.05) is 12.1 Å². The summed E-state index contributed by atoms with van der Waals surface area (Å²) in [5.74, 6) is 0. The molecule has 0 spiro atoms. The van der Waals surface area contributed by atoms with Crippen LogP contribution in [0, 0.1) is 13.8 Å². The zero-order chi connectivity index (χ0) is 13.3. The summed E-state index contributed by atoms with van der Waals surface area (Å²) >= 11 is 0. The van der Waals surface area contributed by atoms with E-state index in [0.717, 1.165) is 16.3 Å². The van der Waals surface area contributed by atoms with Crippen molar-refractivity contribution in [3.63, 3.8) is 0 Å². The number of hydrogen-bond acceptors (Lipinski definition) is 2. The van der Waals surface area contributed by atoms with Gasteiger partial charge >= 0.3 is 0 Å². The van der Waals surface area contributed by atoms with E-state index in [2.05, 4.69) is 10.2 Å². The van der Waals surface area contributed by atoms with Crippen molar-refractivity contribution < 1.29 is 8.42 Å². The van der Waals surface area contributed by atoms with Crippen LogP contribution in [0.2, 0.25) is 0 Å². The molecule has 0 bridgehead atoms. The molecule has 3 radical (unpaired) electrons. The molecule has 0 saturated heterocycles. The quantitative estimate of drug-likeness (QED) is 0.784. The van der Waals surface area contributed by atoms with E-state index in [1.165, 1.54) is 0 Å². The highest BCUT2D eigenvalue weighted by molar-refractivity contribution is 7.91. The lowest BCUT2D eigenvalue weighted by Gasteiger charge is -2.11. The van der Waals surface area contributed by atoms with Crippen molar-refractivity contribution in [1.82, 2.24) is 0 Å². The molecule has 0 fully saturated rings. The van der Waals surface area contributed by atoms with Crippen molar-refractivity contribution in [3.8, 4) is 0 Å². The summed E-state index contributed by atoms with van der Waals surface area (Å²) in [5.41, 5.74) is 1.49. The molecule has 4 heteroatoms. The van der Waals surface area contributed by atoms with E-state index < -0.39 is 9.84 Å². The Morgan fingerprint density at radius 3 is 2.17 bits per heavy atom. The minimum Gasteiger partial charge on any atom is -0.218 e. The van der Waals surface area contributed by atoms with Gasteiger partial charge in [-0.2, -0.15) is 0 Å². The van der Waals surface area contributed by atoms with Crippen LogP contribution in [0.1, 0.15) is 11.1 Å². The molecule has 91 valence electrons. The fraction of sp³-hybridized carbons (Fsp3) is 0.143. The topological polar surface area (TPSA) is 34.1 Å². The Balaban J connectivity index is 2.71. The van der Waals surface area contributed by atoms with E-state index in [1.54, 1.807) is 44.2 Å². The molecule has 0 aliphatic heterocycles. The molecule has 18 heavy (non-hydrogen) atoms.